The first-order chi connectivity index (χ1) is 17.5. The molecule has 2 N–H and O–H groups in total. The Kier molecular flexibility index (Phi) is 8.88. The molecule has 190 valence electrons. The van der Waals surface area contributed by atoms with E-state index in [4.69, 9.17) is 0 Å². The van der Waals surface area contributed by atoms with E-state index < -0.39 is 5.82 Å². The summed E-state index contributed by atoms with van der Waals surface area (Å²) < 4.78 is 17.4. The molecule has 4 heterocycles. The molecule has 0 aliphatic carbocycles. The molecular formula is C26H33FN8O. The standard InChI is InChI=1S/C22H21FN8O.2C2H6/c1-13(2)31-12-26-18-20(28-19(29-21(18)31)14-9-15(23)11-24-10-14)25-7-8-30-17-6-4-3-5-16(17)27-22(30)32;2*1-2/h3-6,9-13H,7-8H2,1-2H3,(H,27,32)(H,25,28,29);2*1-2H3. The van der Waals surface area contributed by atoms with Crippen LogP contribution >= 0.6 is 0 Å². The van der Waals surface area contributed by atoms with Gasteiger partial charge in [0.2, 0.25) is 0 Å². The third-order valence-electron chi connectivity index (χ3n) is 5.25. The van der Waals surface area contributed by atoms with Gasteiger partial charge in [0.05, 0.1) is 23.6 Å². The molecule has 0 bridgehead atoms. The van der Waals surface area contributed by atoms with Crippen molar-refractivity contribution >= 4 is 28.0 Å². The number of pyridine rings is 1. The topological polar surface area (TPSA) is 106 Å². The predicted molar refractivity (Wildman–Crippen MR) is 143 cm³/mol. The maximum Gasteiger partial charge on any atom is 0.326 e. The van der Waals surface area contributed by atoms with Gasteiger partial charge in [-0.2, -0.15) is 0 Å². The summed E-state index contributed by atoms with van der Waals surface area (Å²) in [6.07, 6.45) is 4.38. The van der Waals surface area contributed by atoms with E-state index >= 15 is 0 Å². The molecule has 0 atom stereocenters. The lowest BCUT2D eigenvalue weighted by Crippen LogP contribution is -2.21. The van der Waals surface area contributed by atoms with E-state index in [-0.39, 0.29) is 11.7 Å². The zero-order valence-electron chi connectivity index (χ0n) is 21.6. The van der Waals surface area contributed by atoms with Gasteiger partial charge in [0.25, 0.3) is 0 Å². The first-order valence-electron chi connectivity index (χ1n) is 12.3. The fraction of sp³-hybridized carbons (Fsp3) is 0.346. The molecule has 36 heavy (non-hydrogen) atoms. The second-order valence-corrected chi connectivity index (χ2v) is 7.73. The number of nitrogens with one attached hydrogen (secondary N) is 2. The van der Waals surface area contributed by atoms with Crippen molar-refractivity contribution in [3.63, 3.8) is 0 Å². The smallest absolute Gasteiger partial charge is 0.326 e. The van der Waals surface area contributed by atoms with Crippen molar-refractivity contribution in [3.05, 3.63) is 65.4 Å². The van der Waals surface area contributed by atoms with Crippen molar-refractivity contribution in [1.82, 2.24) is 34.1 Å². The summed E-state index contributed by atoms with van der Waals surface area (Å²) in [6.45, 7) is 12.9. The van der Waals surface area contributed by atoms with Gasteiger partial charge in [-0.15, -0.1) is 0 Å². The van der Waals surface area contributed by atoms with Gasteiger partial charge in [-0.3, -0.25) is 9.55 Å². The van der Waals surface area contributed by atoms with Gasteiger partial charge in [0, 0.05) is 30.9 Å². The Morgan fingerprint density at radius 2 is 1.83 bits per heavy atom. The Balaban J connectivity index is 0.000000861. The van der Waals surface area contributed by atoms with E-state index in [2.05, 4.69) is 30.2 Å². The van der Waals surface area contributed by atoms with Crippen LogP contribution in [-0.4, -0.2) is 40.6 Å². The summed E-state index contributed by atoms with van der Waals surface area (Å²) in [5.41, 5.74) is 3.18. The fourth-order valence-corrected chi connectivity index (χ4v) is 3.70. The number of H-pyrrole nitrogens is 1. The Morgan fingerprint density at radius 3 is 2.56 bits per heavy atom. The molecule has 0 unspecified atom stereocenters. The molecule has 0 saturated carbocycles. The molecule has 10 heteroatoms. The number of fused-ring (bicyclic) bond motifs is 2. The Morgan fingerprint density at radius 1 is 1.08 bits per heavy atom. The highest BCUT2D eigenvalue weighted by molar-refractivity contribution is 5.85. The zero-order valence-corrected chi connectivity index (χ0v) is 21.6. The molecule has 4 aromatic heterocycles. The van der Waals surface area contributed by atoms with Crippen LogP contribution < -0.4 is 11.0 Å². The van der Waals surface area contributed by atoms with Crippen LogP contribution in [0.5, 0.6) is 0 Å². The molecule has 0 saturated heterocycles. The Hall–Kier alpha value is -4.08. The average molecular weight is 493 g/mol. The maximum absolute atomic E-state index is 13.8. The van der Waals surface area contributed by atoms with Crippen LogP contribution in [-0.2, 0) is 6.54 Å². The predicted octanol–water partition coefficient (Wildman–Crippen LogP) is 5.42. The number of hydrogen-bond donors (Lipinski definition) is 2. The normalized spacial score (nSPS) is 10.7. The highest BCUT2D eigenvalue weighted by Gasteiger charge is 2.16. The van der Waals surface area contributed by atoms with Gasteiger partial charge < -0.3 is 14.9 Å². The van der Waals surface area contributed by atoms with Gasteiger partial charge in [0.1, 0.15) is 11.3 Å². The summed E-state index contributed by atoms with van der Waals surface area (Å²) in [5, 5.41) is 3.28. The lowest BCUT2D eigenvalue weighted by atomic mass is 10.2. The number of aromatic nitrogens is 7. The van der Waals surface area contributed by atoms with Crippen LogP contribution in [0.25, 0.3) is 33.6 Å². The van der Waals surface area contributed by atoms with E-state index in [1.54, 1.807) is 10.9 Å². The molecular weight excluding hydrogens is 459 g/mol. The van der Waals surface area contributed by atoms with Gasteiger partial charge >= 0.3 is 5.69 Å². The number of imidazole rings is 2. The molecule has 1 aromatic carbocycles. The lowest BCUT2D eigenvalue weighted by Gasteiger charge is -2.11. The number of aromatic amines is 1. The van der Waals surface area contributed by atoms with E-state index in [0.29, 0.717) is 41.5 Å². The van der Waals surface area contributed by atoms with Crippen molar-refractivity contribution in [1.29, 1.82) is 0 Å². The molecule has 5 rings (SSSR count). The molecule has 0 radical (unpaired) electrons. The van der Waals surface area contributed by atoms with Crippen LogP contribution in [0.4, 0.5) is 10.2 Å². The van der Waals surface area contributed by atoms with Crippen LogP contribution in [0.3, 0.4) is 0 Å². The second-order valence-electron chi connectivity index (χ2n) is 7.73. The summed E-state index contributed by atoms with van der Waals surface area (Å²) in [5.74, 6) is 0.400. The monoisotopic (exact) mass is 492 g/mol. The summed E-state index contributed by atoms with van der Waals surface area (Å²) in [4.78, 5) is 32.8. The fourth-order valence-electron chi connectivity index (χ4n) is 3.70. The Labute approximate surface area is 209 Å². The van der Waals surface area contributed by atoms with Crippen LogP contribution in [0, 0.1) is 5.82 Å². The SMILES string of the molecule is CC.CC.CC(C)n1cnc2c(NCCn3c(=O)[nH]c4ccccc43)nc(-c3cncc(F)c3)nc21. The number of hydrogen-bond acceptors (Lipinski definition) is 6. The lowest BCUT2D eigenvalue weighted by molar-refractivity contribution is 0.612. The average Bonchev–Trinajstić information content (AvgIpc) is 3.47. The zero-order chi connectivity index (χ0) is 26.2. The highest BCUT2D eigenvalue weighted by Crippen LogP contribution is 2.26. The summed E-state index contributed by atoms with van der Waals surface area (Å²) in [7, 11) is 0. The maximum atomic E-state index is 13.8. The number of anilines is 1. The van der Waals surface area contributed by atoms with Crippen molar-refractivity contribution in [2.75, 3.05) is 11.9 Å². The van der Waals surface area contributed by atoms with Gasteiger partial charge in [-0.05, 0) is 32.0 Å². The molecule has 0 spiro atoms. The van der Waals surface area contributed by atoms with Crippen molar-refractivity contribution in [2.45, 2.75) is 54.1 Å². The van der Waals surface area contributed by atoms with Crippen molar-refractivity contribution in [2.24, 2.45) is 0 Å². The largest absolute Gasteiger partial charge is 0.366 e. The quantitative estimate of drug-likeness (QED) is 0.328. The molecule has 0 amide bonds. The molecule has 0 aliphatic heterocycles. The first kappa shape index (κ1) is 26.5. The minimum atomic E-state index is -0.461. The molecule has 5 aromatic rings. The van der Waals surface area contributed by atoms with Crippen molar-refractivity contribution < 1.29 is 4.39 Å². The van der Waals surface area contributed by atoms with E-state index in [0.717, 1.165) is 17.2 Å². The van der Waals surface area contributed by atoms with E-state index in [1.807, 2.05) is 70.4 Å². The van der Waals surface area contributed by atoms with Gasteiger partial charge in [-0.25, -0.2) is 24.1 Å². The van der Waals surface area contributed by atoms with Gasteiger partial charge in [0.15, 0.2) is 17.3 Å². The second kappa shape index (κ2) is 12.1. The third-order valence-corrected chi connectivity index (χ3v) is 5.25. The number of nitrogens with zero attached hydrogens (tertiary/aromatic N) is 6. The minimum absolute atomic E-state index is 0.131. The van der Waals surface area contributed by atoms with Crippen LogP contribution in [0.15, 0.2) is 53.8 Å². The number of para-hydroxylation sites is 2. The Bertz CT molecular complexity index is 1480. The van der Waals surface area contributed by atoms with Crippen LogP contribution in [0.2, 0.25) is 0 Å². The molecule has 0 aliphatic rings. The van der Waals surface area contributed by atoms with Gasteiger partial charge in [-0.1, -0.05) is 39.8 Å². The highest BCUT2D eigenvalue weighted by atomic mass is 19.1. The number of rotatable bonds is 6. The minimum Gasteiger partial charge on any atom is -0.366 e. The summed E-state index contributed by atoms with van der Waals surface area (Å²) >= 11 is 0. The molecule has 9 nitrogen and oxygen atoms in total. The summed E-state index contributed by atoms with van der Waals surface area (Å²) in [6, 6.07) is 9.02. The van der Waals surface area contributed by atoms with Crippen molar-refractivity contribution in [3.8, 4) is 11.4 Å². The first-order valence-corrected chi connectivity index (χ1v) is 12.3. The van der Waals surface area contributed by atoms with E-state index in [9.17, 15) is 9.18 Å². The van der Waals surface area contributed by atoms with Crippen LogP contribution in [0.1, 0.15) is 47.6 Å². The molecule has 0 fully saturated rings. The number of halogens is 1. The van der Waals surface area contributed by atoms with E-state index in [1.165, 1.54) is 12.3 Å². The number of benzene rings is 1. The third kappa shape index (κ3) is 5.42.